The van der Waals surface area contributed by atoms with E-state index in [1.54, 1.807) is 6.21 Å². The third-order valence-electron chi connectivity index (χ3n) is 2.10. The summed E-state index contributed by atoms with van der Waals surface area (Å²) in [6.07, 6.45) is 1.23. The van der Waals surface area contributed by atoms with E-state index in [1.807, 2.05) is 24.3 Å². The molecule has 0 unspecified atom stereocenters. The first-order chi connectivity index (χ1) is 6.81. The molecule has 0 spiro atoms. The molecule has 4 nitrogen and oxygen atoms in total. The summed E-state index contributed by atoms with van der Waals surface area (Å²) < 4.78 is 4.58. The lowest BCUT2D eigenvalue weighted by Crippen LogP contribution is -2.41. The number of benzene rings is 1. The van der Waals surface area contributed by atoms with Crippen molar-refractivity contribution in [1.29, 1.82) is 0 Å². The number of nitrogens with zero attached hydrogens (tertiary/aromatic N) is 2. The van der Waals surface area contributed by atoms with E-state index < -0.39 is 6.09 Å². The van der Waals surface area contributed by atoms with E-state index in [0.717, 1.165) is 11.0 Å². The molecule has 1 heterocycles. The van der Waals surface area contributed by atoms with Gasteiger partial charge in [0.1, 0.15) is 0 Å². The number of hydrogen-bond acceptors (Lipinski definition) is 3. The van der Waals surface area contributed by atoms with Gasteiger partial charge in [0.25, 0.3) is 0 Å². The summed E-state index contributed by atoms with van der Waals surface area (Å²) in [7, 11) is 1.82. The molecule has 1 amide bonds. The Morgan fingerprint density at radius 3 is 3.07 bits per heavy atom. The summed E-state index contributed by atoms with van der Waals surface area (Å²) in [5.41, 5.74) is 2.13. The first-order valence-corrected chi connectivity index (χ1v) is 4.28. The topological polar surface area (TPSA) is 41.9 Å². The second-order valence-electron chi connectivity index (χ2n) is 2.97. The third kappa shape index (κ3) is 1.48. The number of methoxy groups -OCH3 is 1. The van der Waals surface area contributed by atoms with Crippen LogP contribution < -0.4 is 5.46 Å². The molecule has 1 aromatic rings. The summed E-state index contributed by atoms with van der Waals surface area (Å²) in [5.74, 6) is 0. The molecule has 1 aliphatic heterocycles. The van der Waals surface area contributed by atoms with E-state index in [1.165, 1.54) is 12.0 Å². The minimum Gasteiger partial charge on any atom is -0.452 e. The van der Waals surface area contributed by atoms with E-state index in [0.29, 0.717) is 7.41 Å². The summed E-state index contributed by atoms with van der Waals surface area (Å²) >= 11 is 0. The fraction of sp³-hybridized carbons (Fsp3) is 0.111. The maximum atomic E-state index is 11.2. The van der Waals surface area contributed by atoms with Gasteiger partial charge in [-0.3, -0.25) is 0 Å². The Morgan fingerprint density at radius 1 is 1.50 bits per heavy atom. The number of rotatable bonds is 0. The molecule has 0 saturated heterocycles. The van der Waals surface area contributed by atoms with Crippen molar-refractivity contribution in [2.45, 2.75) is 0 Å². The average Bonchev–Trinajstić information content (AvgIpc) is 2.27. The first kappa shape index (κ1) is 8.81. The molecule has 0 atom stereocenters. The molecular formula is C9H9BN2O2. The summed E-state index contributed by atoms with van der Waals surface area (Å²) in [6, 6.07) is 7.82. The first-order valence-electron chi connectivity index (χ1n) is 4.28. The Labute approximate surface area is 82.4 Å². The number of hydrogen-bond donors (Lipinski definition) is 0. The molecule has 0 N–H and O–H groups in total. The molecule has 1 aromatic carbocycles. The minimum atomic E-state index is -0.434. The number of carbonyl (C=O) groups excluding carboxylic acids is 1. The van der Waals surface area contributed by atoms with Gasteiger partial charge in [-0.05, 0) is 11.0 Å². The van der Waals surface area contributed by atoms with Crippen molar-refractivity contribution in [2.24, 2.45) is 5.10 Å². The van der Waals surface area contributed by atoms with Gasteiger partial charge in [0, 0.05) is 0 Å². The molecule has 0 fully saturated rings. The van der Waals surface area contributed by atoms with Crippen molar-refractivity contribution >= 4 is 25.2 Å². The van der Waals surface area contributed by atoms with Crippen LogP contribution in [-0.2, 0) is 4.74 Å². The monoisotopic (exact) mass is 188 g/mol. The molecule has 14 heavy (non-hydrogen) atoms. The zero-order valence-electron chi connectivity index (χ0n) is 7.80. The fourth-order valence-corrected chi connectivity index (χ4v) is 1.36. The number of amides is 1. The van der Waals surface area contributed by atoms with Gasteiger partial charge < -0.3 is 4.74 Å². The Hall–Kier alpha value is -1.78. The summed E-state index contributed by atoms with van der Waals surface area (Å²) in [4.78, 5) is 12.5. The van der Waals surface area contributed by atoms with E-state index in [-0.39, 0.29) is 0 Å². The lowest BCUT2D eigenvalue weighted by molar-refractivity contribution is 0.150. The predicted octanol–water partition coefficient (Wildman–Crippen LogP) is 0.0793. The van der Waals surface area contributed by atoms with Crippen molar-refractivity contribution in [3.8, 4) is 0 Å². The Kier molecular flexibility index (Phi) is 2.22. The van der Waals surface area contributed by atoms with Crippen molar-refractivity contribution in [1.82, 2.24) is 4.92 Å². The van der Waals surface area contributed by atoms with Crippen LogP contribution >= 0.6 is 0 Å². The van der Waals surface area contributed by atoms with E-state index in [2.05, 4.69) is 9.84 Å². The molecule has 2 rings (SSSR count). The van der Waals surface area contributed by atoms with Crippen LogP contribution in [-0.4, -0.2) is 31.8 Å². The largest absolute Gasteiger partial charge is 0.452 e. The SMILES string of the molecule is COC(=O)N1Bc2ccccc2C=N1. The molecule has 0 bridgehead atoms. The van der Waals surface area contributed by atoms with Gasteiger partial charge in [-0.15, -0.1) is 0 Å². The average molecular weight is 188 g/mol. The molecular weight excluding hydrogens is 179 g/mol. The third-order valence-corrected chi connectivity index (χ3v) is 2.10. The van der Waals surface area contributed by atoms with Gasteiger partial charge in [-0.25, -0.2) is 9.71 Å². The summed E-state index contributed by atoms with van der Waals surface area (Å²) in [5, 5.41) is 3.98. The molecule has 0 aliphatic carbocycles. The highest BCUT2D eigenvalue weighted by atomic mass is 16.5. The van der Waals surface area contributed by atoms with Gasteiger partial charge in [-0.1, -0.05) is 24.3 Å². The highest BCUT2D eigenvalue weighted by Gasteiger charge is 2.19. The highest BCUT2D eigenvalue weighted by molar-refractivity contribution is 6.55. The molecule has 70 valence electrons. The lowest BCUT2D eigenvalue weighted by Gasteiger charge is -2.19. The minimum absolute atomic E-state index is 0.434. The molecule has 1 aliphatic rings. The van der Waals surface area contributed by atoms with Crippen LogP contribution in [0.3, 0.4) is 0 Å². The van der Waals surface area contributed by atoms with Gasteiger partial charge in [0.2, 0.25) is 0 Å². The Balaban J connectivity index is 2.25. The number of fused-ring (bicyclic) bond motifs is 1. The highest BCUT2D eigenvalue weighted by Crippen LogP contribution is 2.01. The van der Waals surface area contributed by atoms with Gasteiger partial charge >= 0.3 is 13.5 Å². The molecule has 0 radical (unpaired) electrons. The van der Waals surface area contributed by atoms with Crippen LogP contribution in [0.2, 0.25) is 0 Å². The van der Waals surface area contributed by atoms with Gasteiger partial charge in [-0.2, -0.15) is 5.10 Å². The lowest BCUT2D eigenvalue weighted by atomic mass is 9.78. The van der Waals surface area contributed by atoms with Crippen molar-refractivity contribution in [2.75, 3.05) is 7.11 Å². The van der Waals surface area contributed by atoms with Crippen LogP contribution in [0.5, 0.6) is 0 Å². The van der Waals surface area contributed by atoms with E-state index in [9.17, 15) is 4.79 Å². The second kappa shape index (κ2) is 3.53. The molecule has 0 saturated carbocycles. The molecule has 5 heteroatoms. The van der Waals surface area contributed by atoms with Crippen LogP contribution in [0.4, 0.5) is 4.79 Å². The number of hydrazone groups is 1. The van der Waals surface area contributed by atoms with Crippen LogP contribution in [0.15, 0.2) is 29.4 Å². The summed E-state index contributed by atoms with van der Waals surface area (Å²) in [6.45, 7) is 0. The van der Waals surface area contributed by atoms with Crippen molar-refractivity contribution in [3.05, 3.63) is 29.8 Å². The smallest absolute Gasteiger partial charge is 0.417 e. The maximum Gasteiger partial charge on any atom is 0.417 e. The number of ether oxygens (including phenoxy) is 1. The maximum absolute atomic E-state index is 11.2. The van der Waals surface area contributed by atoms with Crippen molar-refractivity contribution in [3.63, 3.8) is 0 Å². The zero-order chi connectivity index (χ0) is 9.97. The number of carbonyl (C=O) groups is 1. The Morgan fingerprint density at radius 2 is 2.29 bits per heavy atom. The molecule has 0 aromatic heterocycles. The van der Waals surface area contributed by atoms with Crippen LogP contribution in [0.25, 0.3) is 0 Å². The van der Waals surface area contributed by atoms with Gasteiger partial charge in [0.05, 0.1) is 13.3 Å². The zero-order valence-corrected chi connectivity index (χ0v) is 7.80. The normalized spacial score (nSPS) is 13.1. The Bertz CT molecular complexity index is 392. The van der Waals surface area contributed by atoms with Gasteiger partial charge in [0.15, 0.2) is 0 Å². The quantitative estimate of drug-likeness (QED) is 0.541. The van der Waals surface area contributed by atoms with E-state index in [4.69, 9.17) is 0 Å². The standard InChI is InChI=1S/C9H9BN2O2/c1-14-9(13)12-10-8-5-3-2-4-7(8)6-11-12/h2-6,10H,1H3. The van der Waals surface area contributed by atoms with Crippen LogP contribution in [0.1, 0.15) is 5.56 Å². The van der Waals surface area contributed by atoms with Crippen LogP contribution in [0, 0.1) is 0 Å². The van der Waals surface area contributed by atoms with Crippen molar-refractivity contribution < 1.29 is 9.53 Å². The predicted molar refractivity (Wildman–Crippen MR) is 55.1 cm³/mol. The second-order valence-corrected chi connectivity index (χ2v) is 2.97. The van der Waals surface area contributed by atoms with E-state index >= 15 is 0 Å². The fourth-order valence-electron chi connectivity index (χ4n) is 1.36.